The molecular formula is C22H26N2O6. The van der Waals surface area contributed by atoms with Crippen LogP contribution in [0.25, 0.3) is 0 Å². The lowest BCUT2D eigenvalue weighted by Gasteiger charge is -2.33. The molecule has 3 aliphatic rings. The Labute approximate surface area is 175 Å². The predicted molar refractivity (Wildman–Crippen MR) is 105 cm³/mol. The topological polar surface area (TPSA) is 93.2 Å². The van der Waals surface area contributed by atoms with Gasteiger partial charge in [-0.1, -0.05) is 17.2 Å². The van der Waals surface area contributed by atoms with Crippen molar-refractivity contribution in [3.63, 3.8) is 0 Å². The Hall–Kier alpha value is -2.90. The maximum absolute atomic E-state index is 12.5. The van der Waals surface area contributed by atoms with Gasteiger partial charge >= 0.3 is 12.1 Å². The Balaban J connectivity index is 1.28. The van der Waals surface area contributed by atoms with Crippen molar-refractivity contribution in [2.45, 2.75) is 45.6 Å². The number of benzene rings is 1. The van der Waals surface area contributed by atoms with Gasteiger partial charge in [0.05, 0.1) is 17.0 Å². The van der Waals surface area contributed by atoms with Gasteiger partial charge in [0, 0.05) is 13.1 Å². The van der Waals surface area contributed by atoms with Gasteiger partial charge in [-0.2, -0.15) is 0 Å². The number of ether oxygens (including phenoxy) is 1. The summed E-state index contributed by atoms with van der Waals surface area (Å²) < 4.78 is 5.41. The van der Waals surface area contributed by atoms with Crippen molar-refractivity contribution in [1.82, 2.24) is 9.96 Å². The summed E-state index contributed by atoms with van der Waals surface area (Å²) in [7, 11) is 0. The van der Waals surface area contributed by atoms with E-state index in [1.54, 1.807) is 29.2 Å². The summed E-state index contributed by atoms with van der Waals surface area (Å²) in [4.78, 5) is 56.3. The van der Waals surface area contributed by atoms with Crippen LogP contribution in [0.4, 0.5) is 4.79 Å². The Morgan fingerprint density at radius 2 is 1.57 bits per heavy atom. The molecule has 3 amide bonds. The summed E-state index contributed by atoms with van der Waals surface area (Å²) >= 11 is 0. The third-order valence-corrected chi connectivity index (χ3v) is 5.88. The number of hydrogen-bond acceptors (Lipinski definition) is 6. The fourth-order valence-corrected chi connectivity index (χ4v) is 4.25. The van der Waals surface area contributed by atoms with E-state index in [1.165, 1.54) is 0 Å². The highest BCUT2D eigenvalue weighted by Crippen LogP contribution is 2.49. The highest BCUT2D eigenvalue weighted by molar-refractivity contribution is 6.20. The van der Waals surface area contributed by atoms with E-state index in [2.05, 4.69) is 0 Å². The number of piperidine rings is 1. The fourth-order valence-electron chi connectivity index (χ4n) is 4.25. The van der Waals surface area contributed by atoms with Crippen LogP contribution in [-0.2, 0) is 14.4 Å². The molecule has 160 valence electrons. The average Bonchev–Trinajstić information content (AvgIpc) is 3.47. The van der Waals surface area contributed by atoms with E-state index in [0.717, 1.165) is 12.8 Å². The van der Waals surface area contributed by atoms with Crippen molar-refractivity contribution in [3.05, 3.63) is 35.4 Å². The van der Waals surface area contributed by atoms with Crippen molar-refractivity contribution in [1.29, 1.82) is 0 Å². The number of imide groups is 1. The minimum absolute atomic E-state index is 0.161. The molecule has 2 atom stereocenters. The second kappa shape index (κ2) is 7.41. The smallest absolute Gasteiger partial charge is 0.410 e. The molecule has 1 aromatic carbocycles. The molecule has 1 saturated carbocycles. The molecule has 8 nitrogen and oxygen atoms in total. The first kappa shape index (κ1) is 20.4. The number of rotatable bonds is 3. The van der Waals surface area contributed by atoms with Gasteiger partial charge < -0.3 is 14.5 Å². The van der Waals surface area contributed by atoms with Crippen LogP contribution < -0.4 is 0 Å². The summed E-state index contributed by atoms with van der Waals surface area (Å²) in [5, 5.41) is 0.577. The van der Waals surface area contributed by atoms with Crippen LogP contribution in [0.15, 0.2) is 24.3 Å². The number of carbonyl (C=O) groups excluding carboxylic acids is 4. The summed E-state index contributed by atoms with van der Waals surface area (Å²) in [6.45, 7) is 6.71. The van der Waals surface area contributed by atoms with Crippen LogP contribution in [-0.4, -0.2) is 52.5 Å². The number of amides is 3. The number of nitrogens with zero attached hydrogens (tertiary/aromatic N) is 2. The maximum atomic E-state index is 12.5. The van der Waals surface area contributed by atoms with Gasteiger partial charge in [-0.05, 0) is 64.0 Å². The number of fused-ring (bicyclic) bond motifs is 1. The zero-order chi connectivity index (χ0) is 21.6. The van der Waals surface area contributed by atoms with Crippen LogP contribution in [0.3, 0.4) is 0 Å². The van der Waals surface area contributed by atoms with Gasteiger partial charge in [-0.15, -0.1) is 0 Å². The Bertz CT molecular complexity index is 862. The summed E-state index contributed by atoms with van der Waals surface area (Å²) in [6, 6.07) is 6.41. The summed E-state index contributed by atoms with van der Waals surface area (Å²) in [6.07, 6.45) is 1.96. The molecular weight excluding hydrogens is 388 g/mol. The first-order valence-electron chi connectivity index (χ1n) is 10.3. The molecule has 0 bridgehead atoms. The van der Waals surface area contributed by atoms with Crippen LogP contribution in [0.5, 0.6) is 0 Å². The van der Waals surface area contributed by atoms with E-state index in [1.807, 2.05) is 20.8 Å². The van der Waals surface area contributed by atoms with E-state index >= 15 is 0 Å². The number of hydrogen-bond donors (Lipinski definition) is 0. The largest absolute Gasteiger partial charge is 0.444 e. The standard InChI is InChI=1S/C22H26N2O6/c1-22(2,3)29-21(28)23-10-8-13(9-11-23)16-12-17(16)20(27)30-24-18(25)14-6-4-5-7-15(14)19(24)26/h4-7,13,16-17H,8-12H2,1-3H3/t16-,17+/m0/s1. The average molecular weight is 414 g/mol. The van der Waals surface area contributed by atoms with Gasteiger partial charge in [0.1, 0.15) is 5.60 Å². The zero-order valence-corrected chi connectivity index (χ0v) is 17.4. The van der Waals surface area contributed by atoms with E-state index in [9.17, 15) is 19.2 Å². The van der Waals surface area contributed by atoms with E-state index in [4.69, 9.17) is 9.57 Å². The van der Waals surface area contributed by atoms with E-state index in [-0.39, 0.29) is 29.1 Å². The van der Waals surface area contributed by atoms with E-state index in [0.29, 0.717) is 30.5 Å². The Kier molecular flexibility index (Phi) is 5.03. The fraction of sp³-hybridized carbons (Fsp3) is 0.545. The molecule has 4 rings (SSSR count). The molecule has 0 unspecified atom stereocenters. The van der Waals surface area contributed by atoms with Crippen molar-refractivity contribution < 1.29 is 28.8 Å². The van der Waals surface area contributed by atoms with Gasteiger partial charge in [0.15, 0.2) is 0 Å². The van der Waals surface area contributed by atoms with Crippen LogP contribution >= 0.6 is 0 Å². The minimum atomic E-state index is -0.605. The molecule has 2 heterocycles. The third kappa shape index (κ3) is 3.91. The molecule has 30 heavy (non-hydrogen) atoms. The number of hydroxylamine groups is 2. The van der Waals surface area contributed by atoms with E-state index < -0.39 is 23.4 Å². The SMILES string of the molecule is CC(C)(C)OC(=O)N1CCC([C@@H]2C[C@H]2C(=O)ON2C(=O)c3ccccc3C2=O)CC1. The monoisotopic (exact) mass is 414 g/mol. The molecule has 1 aliphatic carbocycles. The third-order valence-electron chi connectivity index (χ3n) is 5.88. The lowest BCUT2D eigenvalue weighted by Crippen LogP contribution is -2.42. The van der Waals surface area contributed by atoms with Crippen molar-refractivity contribution in [2.24, 2.45) is 17.8 Å². The predicted octanol–water partition coefficient (Wildman–Crippen LogP) is 3.02. The van der Waals surface area contributed by atoms with Crippen LogP contribution in [0.1, 0.15) is 60.7 Å². The van der Waals surface area contributed by atoms with Crippen LogP contribution in [0.2, 0.25) is 0 Å². The molecule has 2 aliphatic heterocycles. The van der Waals surface area contributed by atoms with Crippen LogP contribution in [0, 0.1) is 17.8 Å². The molecule has 0 N–H and O–H groups in total. The number of likely N-dealkylation sites (tertiary alicyclic amines) is 1. The molecule has 1 saturated heterocycles. The quantitative estimate of drug-likeness (QED) is 0.706. The zero-order valence-electron chi connectivity index (χ0n) is 17.4. The molecule has 0 spiro atoms. The van der Waals surface area contributed by atoms with Gasteiger partial charge in [0.2, 0.25) is 0 Å². The molecule has 2 fully saturated rings. The first-order chi connectivity index (χ1) is 14.2. The second-order valence-electron chi connectivity index (χ2n) is 9.17. The van der Waals surface area contributed by atoms with Crippen molar-refractivity contribution >= 4 is 23.9 Å². The Morgan fingerprint density at radius 1 is 1.00 bits per heavy atom. The summed E-state index contributed by atoms with van der Waals surface area (Å²) in [5.41, 5.74) is -0.0297. The highest BCUT2D eigenvalue weighted by Gasteiger charge is 2.51. The molecule has 8 heteroatoms. The lowest BCUT2D eigenvalue weighted by molar-refractivity contribution is -0.170. The lowest BCUT2D eigenvalue weighted by atomic mass is 9.91. The minimum Gasteiger partial charge on any atom is -0.444 e. The summed E-state index contributed by atoms with van der Waals surface area (Å²) in [5.74, 6) is -1.59. The highest BCUT2D eigenvalue weighted by atomic mass is 16.7. The molecule has 1 aromatic rings. The Morgan fingerprint density at radius 3 is 2.10 bits per heavy atom. The second-order valence-corrected chi connectivity index (χ2v) is 9.17. The molecule has 0 aromatic heterocycles. The number of carbonyl (C=O) groups is 4. The van der Waals surface area contributed by atoms with Crippen molar-refractivity contribution in [2.75, 3.05) is 13.1 Å². The maximum Gasteiger partial charge on any atom is 0.410 e. The first-order valence-corrected chi connectivity index (χ1v) is 10.3. The van der Waals surface area contributed by atoms with Gasteiger partial charge in [-0.25, -0.2) is 9.59 Å². The molecule has 0 radical (unpaired) electrons. The van der Waals surface area contributed by atoms with Crippen molar-refractivity contribution in [3.8, 4) is 0 Å². The van der Waals surface area contributed by atoms with Gasteiger partial charge in [-0.3, -0.25) is 9.59 Å². The normalized spacial score (nSPS) is 24.0. The van der Waals surface area contributed by atoms with Gasteiger partial charge in [0.25, 0.3) is 11.8 Å².